The predicted molar refractivity (Wildman–Crippen MR) is 141 cm³/mol. The van der Waals surface area contributed by atoms with Gasteiger partial charge >= 0.3 is 0 Å². The second kappa shape index (κ2) is 10.3. The van der Waals surface area contributed by atoms with Gasteiger partial charge in [0.15, 0.2) is 0 Å². The predicted octanol–water partition coefficient (Wildman–Crippen LogP) is 6.15. The zero-order chi connectivity index (χ0) is 26.0. The largest absolute Gasteiger partial charge is 0.507 e. The summed E-state index contributed by atoms with van der Waals surface area (Å²) in [4.78, 5) is 28.3. The fraction of sp³-hybridized carbons (Fsp3) is 0.267. The van der Waals surface area contributed by atoms with Gasteiger partial charge in [-0.1, -0.05) is 44.2 Å². The number of aliphatic hydroxyl groups excluding tert-OH is 1. The quantitative estimate of drug-likeness (QED) is 0.247. The fourth-order valence-corrected chi connectivity index (χ4v) is 4.54. The molecule has 1 aliphatic heterocycles. The molecule has 1 aliphatic rings. The van der Waals surface area contributed by atoms with Gasteiger partial charge in [0, 0.05) is 17.3 Å². The van der Waals surface area contributed by atoms with Crippen molar-refractivity contribution in [3.63, 3.8) is 0 Å². The lowest BCUT2D eigenvalue weighted by Gasteiger charge is -2.26. The Hall–Kier alpha value is -4.06. The summed E-state index contributed by atoms with van der Waals surface area (Å²) < 4.78 is 10.9. The van der Waals surface area contributed by atoms with Crippen molar-refractivity contribution in [3.8, 4) is 11.5 Å². The number of nitrogens with zero attached hydrogens (tertiary/aromatic N) is 1. The lowest BCUT2D eigenvalue weighted by atomic mass is 9.92. The zero-order valence-corrected chi connectivity index (χ0v) is 21.2. The molecule has 3 aromatic rings. The summed E-state index contributed by atoms with van der Waals surface area (Å²) in [7, 11) is 1.57. The van der Waals surface area contributed by atoms with E-state index in [2.05, 4.69) is 13.8 Å². The van der Waals surface area contributed by atoms with Crippen LogP contribution in [0.15, 0.2) is 72.3 Å². The molecule has 36 heavy (non-hydrogen) atoms. The number of carbonyl (C=O) groups excluding carboxylic acids is 2. The van der Waals surface area contributed by atoms with Crippen molar-refractivity contribution in [3.05, 3.63) is 94.6 Å². The number of hydrogen-bond acceptors (Lipinski definition) is 5. The molecule has 4 rings (SSSR count). The molecule has 1 fully saturated rings. The maximum Gasteiger partial charge on any atom is 0.300 e. The number of ketones is 1. The van der Waals surface area contributed by atoms with Crippen molar-refractivity contribution in [2.75, 3.05) is 18.6 Å². The minimum absolute atomic E-state index is 0.0485. The van der Waals surface area contributed by atoms with Crippen LogP contribution < -0.4 is 14.4 Å². The van der Waals surface area contributed by atoms with Crippen LogP contribution >= 0.6 is 0 Å². The molecule has 1 saturated heterocycles. The first kappa shape index (κ1) is 25.0. The molecule has 0 saturated carbocycles. The van der Waals surface area contributed by atoms with E-state index < -0.39 is 17.7 Å². The topological polar surface area (TPSA) is 76.1 Å². The van der Waals surface area contributed by atoms with E-state index in [0.717, 1.165) is 16.7 Å². The molecule has 1 heterocycles. The van der Waals surface area contributed by atoms with E-state index in [9.17, 15) is 14.7 Å². The molecule has 0 bridgehead atoms. The Morgan fingerprint density at radius 3 is 2.33 bits per heavy atom. The van der Waals surface area contributed by atoms with E-state index in [0.29, 0.717) is 35.3 Å². The van der Waals surface area contributed by atoms with E-state index in [1.165, 1.54) is 4.90 Å². The highest BCUT2D eigenvalue weighted by Crippen LogP contribution is 2.43. The number of ether oxygens (including phenoxy) is 2. The van der Waals surface area contributed by atoms with Crippen LogP contribution in [0.4, 0.5) is 5.69 Å². The number of Topliss-reactive ketones (excluding diaryl/α,β-unsaturated/α-hetero) is 1. The zero-order valence-electron chi connectivity index (χ0n) is 21.2. The number of methoxy groups -OCH3 is 1. The molecule has 0 radical (unpaired) electrons. The molecule has 1 N–H and O–H groups in total. The summed E-state index contributed by atoms with van der Waals surface area (Å²) in [6, 6.07) is 19.3. The van der Waals surface area contributed by atoms with Crippen LogP contribution in [0.5, 0.6) is 11.5 Å². The molecular weight excluding hydrogens is 454 g/mol. The van der Waals surface area contributed by atoms with Gasteiger partial charge in [-0.25, -0.2) is 0 Å². The van der Waals surface area contributed by atoms with E-state index in [-0.39, 0.29) is 11.3 Å². The first-order valence-electron chi connectivity index (χ1n) is 12.1. The third kappa shape index (κ3) is 4.59. The molecule has 1 unspecified atom stereocenters. The Kier molecular flexibility index (Phi) is 7.15. The van der Waals surface area contributed by atoms with Crippen LogP contribution in [-0.2, 0) is 9.59 Å². The molecule has 0 aromatic heterocycles. The first-order valence-corrected chi connectivity index (χ1v) is 12.1. The normalized spacial score (nSPS) is 17.1. The van der Waals surface area contributed by atoms with Gasteiger partial charge < -0.3 is 14.6 Å². The molecule has 186 valence electrons. The Bertz CT molecular complexity index is 1320. The highest BCUT2D eigenvalue weighted by atomic mass is 16.5. The molecule has 0 spiro atoms. The van der Waals surface area contributed by atoms with Gasteiger partial charge in [0.1, 0.15) is 17.3 Å². The number of carbonyl (C=O) groups is 2. The number of anilines is 1. The van der Waals surface area contributed by atoms with Crippen LogP contribution in [0.25, 0.3) is 5.76 Å². The number of aliphatic hydroxyl groups is 1. The average Bonchev–Trinajstić information content (AvgIpc) is 3.14. The van der Waals surface area contributed by atoms with Crippen molar-refractivity contribution < 1.29 is 24.2 Å². The summed E-state index contributed by atoms with van der Waals surface area (Å²) in [5, 5.41) is 11.4. The van der Waals surface area contributed by atoms with E-state index >= 15 is 0 Å². The van der Waals surface area contributed by atoms with Gasteiger partial charge in [-0.3, -0.25) is 14.5 Å². The third-order valence-corrected chi connectivity index (χ3v) is 6.46. The summed E-state index contributed by atoms with van der Waals surface area (Å²) in [6.45, 7) is 8.39. The Labute approximate surface area is 211 Å². The van der Waals surface area contributed by atoms with E-state index in [1.807, 2.05) is 38.1 Å². The Morgan fingerprint density at radius 1 is 1.00 bits per heavy atom. The van der Waals surface area contributed by atoms with Gasteiger partial charge in [-0.15, -0.1) is 0 Å². The maximum atomic E-state index is 13.4. The van der Waals surface area contributed by atoms with Gasteiger partial charge in [0.2, 0.25) is 0 Å². The number of hydrogen-bond donors (Lipinski definition) is 1. The second-order valence-corrected chi connectivity index (χ2v) is 9.10. The molecule has 1 amide bonds. The van der Waals surface area contributed by atoms with Gasteiger partial charge in [-0.2, -0.15) is 0 Å². The van der Waals surface area contributed by atoms with Crippen LogP contribution in [-0.4, -0.2) is 30.5 Å². The Balaban J connectivity index is 1.92. The van der Waals surface area contributed by atoms with Crippen LogP contribution in [0.2, 0.25) is 0 Å². The van der Waals surface area contributed by atoms with Crippen LogP contribution in [0, 0.1) is 6.92 Å². The van der Waals surface area contributed by atoms with Crippen molar-refractivity contribution in [1.29, 1.82) is 0 Å². The number of benzene rings is 3. The van der Waals surface area contributed by atoms with Gasteiger partial charge in [0.05, 0.1) is 25.3 Å². The third-order valence-electron chi connectivity index (χ3n) is 6.46. The fourth-order valence-electron chi connectivity index (χ4n) is 4.54. The smallest absolute Gasteiger partial charge is 0.300 e. The molecule has 3 aromatic carbocycles. The van der Waals surface area contributed by atoms with Gasteiger partial charge in [-0.05, 0) is 66.8 Å². The molecule has 0 aliphatic carbocycles. The minimum atomic E-state index is -0.801. The monoisotopic (exact) mass is 485 g/mol. The molecule has 6 heteroatoms. The molecule has 6 nitrogen and oxygen atoms in total. The lowest BCUT2D eigenvalue weighted by Crippen LogP contribution is -2.29. The molecular formula is C30H31NO5. The van der Waals surface area contributed by atoms with Crippen LogP contribution in [0.3, 0.4) is 0 Å². The number of rotatable bonds is 7. The second-order valence-electron chi connectivity index (χ2n) is 9.10. The summed E-state index contributed by atoms with van der Waals surface area (Å²) >= 11 is 0. The number of amides is 1. The average molecular weight is 486 g/mol. The summed E-state index contributed by atoms with van der Waals surface area (Å²) in [6.07, 6.45) is 0. The van der Waals surface area contributed by atoms with Crippen molar-refractivity contribution in [2.24, 2.45) is 0 Å². The lowest BCUT2D eigenvalue weighted by molar-refractivity contribution is -0.132. The standard InChI is InChI=1S/C30H31NO5/c1-6-36-24-9-7-8-22(17-24)31-27(21-12-10-20(11-13-21)18(2)3)26(29(33)30(31)34)28(32)25-15-14-23(35-5)16-19(25)4/h7-18,27,32H,6H2,1-5H3/b28-26-. The Morgan fingerprint density at radius 2 is 1.72 bits per heavy atom. The van der Waals surface area contributed by atoms with Crippen molar-refractivity contribution in [2.45, 2.75) is 39.7 Å². The van der Waals surface area contributed by atoms with E-state index in [1.54, 1.807) is 49.6 Å². The number of aryl methyl sites for hydroxylation is 1. The van der Waals surface area contributed by atoms with Crippen molar-refractivity contribution in [1.82, 2.24) is 0 Å². The highest BCUT2D eigenvalue weighted by Gasteiger charge is 2.47. The van der Waals surface area contributed by atoms with Crippen LogP contribution in [0.1, 0.15) is 55.0 Å². The summed E-state index contributed by atoms with van der Waals surface area (Å²) in [5.74, 6) is -0.0863. The first-order chi connectivity index (χ1) is 17.3. The van der Waals surface area contributed by atoms with E-state index in [4.69, 9.17) is 9.47 Å². The molecule has 1 atom stereocenters. The van der Waals surface area contributed by atoms with Gasteiger partial charge in [0.25, 0.3) is 11.7 Å². The minimum Gasteiger partial charge on any atom is -0.507 e. The maximum absolute atomic E-state index is 13.4. The highest BCUT2D eigenvalue weighted by molar-refractivity contribution is 6.51. The summed E-state index contributed by atoms with van der Waals surface area (Å²) in [5.41, 5.74) is 3.64. The SMILES string of the molecule is CCOc1cccc(N2C(=O)C(=O)/C(=C(\O)c3ccc(OC)cc3C)C2c2ccc(C(C)C)cc2)c1. The van der Waals surface area contributed by atoms with Crippen molar-refractivity contribution >= 4 is 23.1 Å².